The molecule has 3 aliphatic rings. The summed E-state index contributed by atoms with van der Waals surface area (Å²) in [7, 11) is 3.21. The molecule has 0 spiro atoms. The minimum absolute atomic E-state index is 0.0599. The van der Waals surface area contributed by atoms with Crippen molar-refractivity contribution in [3.63, 3.8) is 0 Å². The van der Waals surface area contributed by atoms with Crippen LogP contribution < -0.4 is 9.47 Å². The van der Waals surface area contributed by atoms with E-state index in [1.54, 1.807) is 32.4 Å². The lowest BCUT2D eigenvalue weighted by atomic mass is 9.93. The van der Waals surface area contributed by atoms with Crippen LogP contribution in [0.25, 0.3) is 0 Å². The van der Waals surface area contributed by atoms with Gasteiger partial charge in [0.25, 0.3) is 5.91 Å². The summed E-state index contributed by atoms with van der Waals surface area (Å²) in [6, 6.07) is 5.37. The molecule has 1 aromatic carbocycles. The average Bonchev–Trinajstić information content (AvgIpc) is 3.30. The molecular formula is C21H28N2O3. The number of ether oxygens (including phenoxy) is 2. The second-order valence-corrected chi connectivity index (χ2v) is 7.73. The fourth-order valence-corrected chi connectivity index (χ4v) is 4.68. The van der Waals surface area contributed by atoms with Crippen molar-refractivity contribution in [1.29, 1.82) is 0 Å². The number of rotatable bonds is 5. The maximum Gasteiger partial charge on any atom is 0.254 e. The highest BCUT2D eigenvalue weighted by Gasteiger charge is 2.36. The SMILES string of the molecule is COc1cc(OC)cc(C(=O)N2CCN(C[C@@H]3C[C@H]4C=C[C@H]3C4)CC2)c1. The maximum atomic E-state index is 12.9. The number of methoxy groups -OCH3 is 2. The van der Waals surface area contributed by atoms with E-state index in [0.29, 0.717) is 17.1 Å². The van der Waals surface area contributed by atoms with Crippen molar-refractivity contribution in [3.05, 3.63) is 35.9 Å². The fraction of sp³-hybridized carbons (Fsp3) is 0.571. The average molecular weight is 356 g/mol. The second kappa shape index (κ2) is 7.31. The summed E-state index contributed by atoms with van der Waals surface area (Å²) in [6.45, 7) is 4.68. The Labute approximate surface area is 155 Å². The zero-order chi connectivity index (χ0) is 18.1. The third-order valence-electron chi connectivity index (χ3n) is 6.17. The van der Waals surface area contributed by atoms with Gasteiger partial charge in [-0.3, -0.25) is 9.69 Å². The molecule has 3 atom stereocenters. The molecule has 1 heterocycles. The molecule has 5 nitrogen and oxygen atoms in total. The molecule has 1 aromatic rings. The Kier molecular flexibility index (Phi) is 4.90. The van der Waals surface area contributed by atoms with Gasteiger partial charge in [0, 0.05) is 44.4 Å². The van der Waals surface area contributed by atoms with Crippen molar-refractivity contribution < 1.29 is 14.3 Å². The van der Waals surface area contributed by atoms with Crippen molar-refractivity contribution in [2.24, 2.45) is 17.8 Å². The number of hydrogen-bond donors (Lipinski definition) is 0. The first-order valence-corrected chi connectivity index (χ1v) is 9.59. The van der Waals surface area contributed by atoms with Crippen molar-refractivity contribution in [2.75, 3.05) is 46.9 Å². The number of amides is 1. The van der Waals surface area contributed by atoms with Crippen LogP contribution in [-0.2, 0) is 0 Å². The molecule has 2 fully saturated rings. The lowest BCUT2D eigenvalue weighted by Crippen LogP contribution is -2.50. The standard InChI is InChI=1S/C21H28N2O3/c1-25-19-11-17(12-20(13-19)26-2)21(24)23-7-5-22(6-8-23)14-18-10-15-3-4-16(18)9-15/h3-4,11-13,15-16,18H,5-10,14H2,1-2H3/t15-,16-,18-/m0/s1. The Morgan fingerprint density at radius 2 is 1.69 bits per heavy atom. The van der Waals surface area contributed by atoms with E-state index in [0.717, 1.165) is 43.9 Å². The minimum Gasteiger partial charge on any atom is -0.497 e. The summed E-state index contributed by atoms with van der Waals surface area (Å²) in [6.07, 6.45) is 7.54. The van der Waals surface area contributed by atoms with Crippen molar-refractivity contribution in [3.8, 4) is 11.5 Å². The van der Waals surface area contributed by atoms with Gasteiger partial charge in [-0.1, -0.05) is 12.2 Å². The molecule has 1 amide bonds. The number of hydrogen-bond acceptors (Lipinski definition) is 4. The lowest BCUT2D eigenvalue weighted by Gasteiger charge is -2.37. The summed E-state index contributed by atoms with van der Waals surface area (Å²) in [4.78, 5) is 17.4. The predicted molar refractivity (Wildman–Crippen MR) is 101 cm³/mol. The van der Waals surface area contributed by atoms with Crippen molar-refractivity contribution in [1.82, 2.24) is 9.80 Å². The minimum atomic E-state index is 0.0599. The number of nitrogens with zero attached hydrogens (tertiary/aromatic N) is 2. The van der Waals surface area contributed by atoms with E-state index >= 15 is 0 Å². The summed E-state index contributed by atoms with van der Waals surface area (Å²) in [5.41, 5.74) is 0.632. The summed E-state index contributed by atoms with van der Waals surface area (Å²) >= 11 is 0. The van der Waals surface area contributed by atoms with Gasteiger partial charge in [-0.25, -0.2) is 0 Å². The van der Waals surface area contributed by atoms with Gasteiger partial charge in [0.1, 0.15) is 11.5 Å². The van der Waals surface area contributed by atoms with Crippen LogP contribution in [0.1, 0.15) is 23.2 Å². The van der Waals surface area contributed by atoms with Crippen LogP contribution in [-0.4, -0.2) is 62.7 Å². The summed E-state index contributed by atoms with van der Waals surface area (Å²) < 4.78 is 10.6. The first kappa shape index (κ1) is 17.4. The lowest BCUT2D eigenvalue weighted by molar-refractivity contribution is 0.0609. The monoisotopic (exact) mass is 356 g/mol. The molecule has 0 N–H and O–H groups in total. The van der Waals surface area contributed by atoms with Crippen LogP contribution in [0.3, 0.4) is 0 Å². The molecule has 1 saturated carbocycles. The Morgan fingerprint density at radius 3 is 2.23 bits per heavy atom. The third kappa shape index (κ3) is 3.45. The van der Waals surface area contributed by atoms with E-state index in [4.69, 9.17) is 9.47 Å². The molecule has 1 aliphatic heterocycles. The van der Waals surface area contributed by atoms with Gasteiger partial charge in [0.05, 0.1) is 14.2 Å². The van der Waals surface area contributed by atoms with Gasteiger partial charge in [0.2, 0.25) is 0 Å². The highest BCUT2D eigenvalue weighted by Crippen LogP contribution is 2.43. The van der Waals surface area contributed by atoms with Crippen LogP contribution in [0.15, 0.2) is 30.4 Å². The second-order valence-electron chi connectivity index (χ2n) is 7.73. The maximum absolute atomic E-state index is 12.9. The van der Waals surface area contributed by atoms with Crippen LogP contribution in [0.2, 0.25) is 0 Å². The van der Waals surface area contributed by atoms with E-state index in [2.05, 4.69) is 17.1 Å². The number of allylic oxidation sites excluding steroid dienone is 2. The van der Waals surface area contributed by atoms with Gasteiger partial charge in [0.15, 0.2) is 0 Å². The van der Waals surface area contributed by atoms with Crippen molar-refractivity contribution >= 4 is 5.91 Å². The fourth-order valence-electron chi connectivity index (χ4n) is 4.68. The molecule has 0 unspecified atom stereocenters. The molecule has 4 rings (SSSR count). The van der Waals surface area contributed by atoms with Crippen LogP contribution in [0.4, 0.5) is 0 Å². The van der Waals surface area contributed by atoms with Gasteiger partial charge < -0.3 is 14.4 Å². The number of piperazine rings is 1. The molecule has 5 heteroatoms. The quantitative estimate of drug-likeness (QED) is 0.761. The largest absolute Gasteiger partial charge is 0.497 e. The molecule has 0 radical (unpaired) electrons. The molecule has 26 heavy (non-hydrogen) atoms. The highest BCUT2D eigenvalue weighted by atomic mass is 16.5. The zero-order valence-corrected chi connectivity index (χ0v) is 15.7. The smallest absolute Gasteiger partial charge is 0.254 e. The van der Waals surface area contributed by atoms with Gasteiger partial charge in [-0.2, -0.15) is 0 Å². The van der Waals surface area contributed by atoms with Gasteiger partial charge in [-0.05, 0) is 42.7 Å². The van der Waals surface area contributed by atoms with E-state index in [1.807, 2.05) is 4.90 Å². The first-order valence-electron chi connectivity index (χ1n) is 9.59. The van der Waals surface area contributed by atoms with E-state index in [9.17, 15) is 4.79 Å². The number of benzene rings is 1. The predicted octanol–water partition coefficient (Wildman–Crippen LogP) is 2.67. The third-order valence-corrected chi connectivity index (χ3v) is 6.17. The van der Waals surface area contributed by atoms with Crippen LogP contribution >= 0.6 is 0 Å². The number of carbonyl (C=O) groups is 1. The summed E-state index contributed by atoms with van der Waals surface area (Å²) in [5.74, 6) is 3.80. The zero-order valence-electron chi connectivity index (χ0n) is 15.7. The number of fused-ring (bicyclic) bond motifs is 2. The molecule has 0 aromatic heterocycles. The molecule has 2 bridgehead atoms. The topological polar surface area (TPSA) is 42.0 Å². The molecular weight excluding hydrogens is 328 g/mol. The van der Waals surface area contributed by atoms with E-state index in [1.165, 1.54) is 19.4 Å². The summed E-state index contributed by atoms with van der Waals surface area (Å²) in [5, 5.41) is 0. The van der Waals surface area contributed by atoms with Gasteiger partial charge in [-0.15, -0.1) is 0 Å². The normalized spacial score (nSPS) is 27.8. The molecule has 2 aliphatic carbocycles. The highest BCUT2D eigenvalue weighted by molar-refractivity contribution is 5.95. The van der Waals surface area contributed by atoms with Crippen LogP contribution in [0.5, 0.6) is 11.5 Å². The van der Waals surface area contributed by atoms with Crippen molar-refractivity contribution in [2.45, 2.75) is 12.8 Å². The number of carbonyl (C=O) groups excluding carboxylic acids is 1. The van der Waals surface area contributed by atoms with E-state index < -0.39 is 0 Å². The first-order chi connectivity index (χ1) is 12.7. The Balaban J connectivity index is 1.34. The Morgan fingerprint density at radius 1 is 1.00 bits per heavy atom. The molecule has 1 saturated heterocycles. The Hall–Kier alpha value is -2.01. The van der Waals surface area contributed by atoms with Crippen LogP contribution in [0, 0.1) is 17.8 Å². The molecule has 140 valence electrons. The van der Waals surface area contributed by atoms with E-state index in [-0.39, 0.29) is 5.91 Å². The Bertz CT molecular complexity index is 672. The van der Waals surface area contributed by atoms with Gasteiger partial charge >= 0.3 is 0 Å².